The highest BCUT2D eigenvalue weighted by atomic mass is 16.5. The summed E-state index contributed by atoms with van der Waals surface area (Å²) < 4.78 is 21.6. The molecule has 2 rings (SSSR count). The number of ether oxygens (including phenoxy) is 3. The molecule has 1 amide bonds. The number of rotatable bonds is 10. The smallest absolute Gasteiger partial charge is 0.251 e. The summed E-state index contributed by atoms with van der Waals surface area (Å²) >= 11 is 0. The Kier molecular flexibility index (Phi) is 7.47. The SMILES string of the molecule is CCOCCCNC(=O)c1ccc(OCc2c(C)noc2C)c(OC)c1. The largest absolute Gasteiger partial charge is 0.493 e. The summed E-state index contributed by atoms with van der Waals surface area (Å²) in [5.74, 6) is 1.63. The summed E-state index contributed by atoms with van der Waals surface area (Å²) in [7, 11) is 1.54. The number of methoxy groups -OCH3 is 1. The molecule has 0 radical (unpaired) electrons. The van der Waals surface area contributed by atoms with E-state index in [2.05, 4.69) is 10.5 Å². The number of carbonyl (C=O) groups excluding carboxylic acids is 1. The Bertz CT molecular complexity index is 707. The van der Waals surface area contributed by atoms with E-state index in [1.807, 2.05) is 20.8 Å². The normalized spacial score (nSPS) is 10.6. The zero-order valence-electron chi connectivity index (χ0n) is 15.8. The first-order valence-corrected chi connectivity index (χ1v) is 8.65. The first kappa shape index (κ1) is 19.8. The molecule has 0 atom stereocenters. The average Bonchev–Trinajstić information content (AvgIpc) is 2.97. The Balaban J connectivity index is 1.97. The van der Waals surface area contributed by atoms with Crippen molar-refractivity contribution in [3.8, 4) is 11.5 Å². The van der Waals surface area contributed by atoms with E-state index in [1.54, 1.807) is 25.3 Å². The van der Waals surface area contributed by atoms with Gasteiger partial charge < -0.3 is 24.1 Å². The van der Waals surface area contributed by atoms with Crippen LogP contribution in [-0.4, -0.2) is 37.9 Å². The molecule has 0 fully saturated rings. The molecule has 0 aliphatic rings. The number of carbonyl (C=O) groups is 1. The van der Waals surface area contributed by atoms with Gasteiger partial charge in [0.2, 0.25) is 0 Å². The van der Waals surface area contributed by atoms with E-state index in [-0.39, 0.29) is 5.91 Å². The van der Waals surface area contributed by atoms with Gasteiger partial charge in [0.05, 0.1) is 18.4 Å². The molecule has 2 aromatic rings. The summed E-state index contributed by atoms with van der Waals surface area (Å²) in [5, 5.41) is 6.77. The van der Waals surface area contributed by atoms with Crippen LogP contribution in [-0.2, 0) is 11.3 Å². The molecule has 0 saturated carbocycles. The van der Waals surface area contributed by atoms with Crippen LogP contribution in [0.25, 0.3) is 0 Å². The zero-order chi connectivity index (χ0) is 18.9. The second kappa shape index (κ2) is 9.82. The minimum absolute atomic E-state index is 0.155. The zero-order valence-corrected chi connectivity index (χ0v) is 15.8. The fourth-order valence-electron chi connectivity index (χ4n) is 2.41. The molecule has 7 heteroatoms. The number of aryl methyl sites for hydroxylation is 2. The number of nitrogens with zero attached hydrogens (tertiary/aromatic N) is 1. The summed E-state index contributed by atoms with van der Waals surface area (Å²) in [6.45, 7) is 7.85. The van der Waals surface area contributed by atoms with Crippen LogP contribution in [0.2, 0.25) is 0 Å². The average molecular weight is 362 g/mol. The number of hydrogen-bond acceptors (Lipinski definition) is 6. The van der Waals surface area contributed by atoms with Gasteiger partial charge in [-0.25, -0.2) is 0 Å². The molecule has 1 N–H and O–H groups in total. The van der Waals surface area contributed by atoms with Crippen LogP contribution in [0.5, 0.6) is 11.5 Å². The van der Waals surface area contributed by atoms with Gasteiger partial charge >= 0.3 is 0 Å². The third-order valence-corrected chi connectivity index (χ3v) is 3.93. The molecular weight excluding hydrogens is 336 g/mol. The van der Waals surface area contributed by atoms with E-state index in [4.69, 9.17) is 18.7 Å². The number of nitrogens with one attached hydrogen (secondary N) is 1. The summed E-state index contributed by atoms with van der Waals surface area (Å²) in [6, 6.07) is 5.11. The van der Waals surface area contributed by atoms with Crippen LogP contribution < -0.4 is 14.8 Å². The topological polar surface area (TPSA) is 82.8 Å². The lowest BCUT2D eigenvalue weighted by atomic mass is 10.2. The van der Waals surface area contributed by atoms with E-state index in [0.717, 1.165) is 23.4 Å². The Morgan fingerprint density at radius 2 is 2.08 bits per heavy atom. The van der Waals surface area contributed by atoms with Gasteiger partial charge in [-0.15, -0.1) is 0 Å². The van der Waals surface area contributed by atoms with Crippen molar-refractivity contribution in [2.75, 3.05) is 26.9 Å². The van der Waals surface area contributed by atoms with Gasteiger partial charge in [0.1, 0.15) is 12.4 Å². The van der Waals surface area contributed by atoms with Crippen molar-refractivity contribution in [3.63, 3.8) is 0 Å². The maximum absolute atomic E-state index is 12.2. The van der Waals surface area contributed by atoms with Gasteiger partial charge in [0.15, 0.2) is 11.5 Å². The maximum Gasteiger partial charge on any atom is 0.251 e. The van der Waals surface area contributed by atoms with E-state index in [9.17, 15) is 4.79 Å². The fourth-order valence-corrected chi connectivity index (χ4v) is 2.41. The van der Waals surface area contributed by atoms with Crippen molar-refractivity contribution < 1.29 is 23.5 Å². The molecule has 0 bridgehead atoms. The number of amides is 1. The molecule has 7 nitrogen and oxygen atoms in total. The maximum atomic E-state index is 12.2. The van der Waals surface area contributed by atoms with Crippen molar-refractivity contribution in [2.45, 2.75) is 33.8 Å². The van der Waals surface area contributed by atoms with Crippen molar-refractivity contribution in [3.05, 3.63) is 40.8 Å². The standard InChI is InChI=1S/C19H26N2O5/c1-5-24-10-6-9-20-19(22)15-7-8-17(18(11-15)23-4)25-12-16-13(2)21-26-14(16)3/h7-8,11H,5-6,9-10,12H2,1-4H3,(H,20,22). The van der Waals surface area contributed by atoms with Crippen molar-refractivity contribution in [1.82, 2.24) is 10.5 Å². The third-order valence-electron chi connectivity index (χ3n) is 3.93. The molecule has 0 aliphatic heterocycles. The quantitative estimate of drug-likeness (QED) is 0.654. The van der Waals surface area contributed by atoms with Crippen LogP contribution in [0.15, 0.2) is 22.7 Å². The van der Waals surface area contributed by atoms with E-state index in [0.29, 0.717) is 43.4 Å². The lowest BCUT2D eigenvalue weighted by molar-refractivity contribution is 0.0944. The molecule has 0 unspecified atom stereocenters. The summed E-state index contributed by atoms with van der Waals surface area (Å²) in [6.07, 6.45) is 0.773. The summed E-state index contributed by atoms with van der Waals surface area (Å²) in [5.41, 5.74) is 2.22. The van der Waals surface area contributed by atoms with Crippen LogP contribution in [0.1, 0.15) is 40.7 Å². The van der Waals surface area contributed by atoms with Crippen LogP contribution in [0, 0.1) is 13.8 Å². The molecule has 1 aromatic carbocycles. The molecule has 26 heavy (non-hydrogen) atoms. The Morgan fingerprint density at radius 1 is 1.27 bits per heavy atom. The van der Waals surface area contributed by atoms with E-state index < -0.39 is 0 Å². The monoisotopic (exact) mass is 362 g/mol. The first-order valence-electron chi connectivity index (χ1n) is 8.65. The van der Waals surface area contributed by atoms with Crippen molar-refractivity contribution >= 4 is 5.91 Å². The van der Waals surface area contributed by atoms with E-state index in [1.165, 1.54) is 0 Å². The van der Waals surface area contributed by atoms with Gasteiger partial charge in [-0.05, 0) is 45.4 Å². The molecular formula is C19H26N2O5. The second-order valence-corrected chi connectivity index (χ2v) is 5.76. The van der Waals surface area contributed by atoms with Gasteiger partial charge in [-0.1, -0.05) is 5.16 Å². The highest BCUT2D eigenvalue weighted by molar-refractivity contribution is 5.94. The molecule has 142 valence electrons. The van der Waals surface area contributed by atoms with Gasteiger partial charge in [-0.2, -0.15) is 0 Å². The third kappa shape index (κ3) is 5.23. The lowest BCUT2D eigenvalue weighted by Crippen LogP contribution is -2.25. The molecule has 0 spiro atoms. The Hall–Kier alpha value is -2.54. The van der Waals surface area contributed by atoms with Crippen molar-refractivity contribution in [1.29, 1.82) is 0 Å². The van der Waals surface area contributed by atoms with Crippen LogP contribution in [0.3, 0.4) is 0 Å². The number of hydrogen-bond donors (Lipinski definition) is 1. The fraction of sp³-hybridized carbons (Fsp3) is 0.474. The minimum atomic E-state index is -0.155. The van der Waals surface area contributed by atoms with Crippen molar-refractivity contribution in [2.24, 2.45) is 0 Å². The molecule has 0 saturated heterocycles. The second-order valence-electron chi connectivity index (χ2n) is 5.76. The molecule has 0 aliphatic carbocycles. The predicted octanol–water partition coefficient (Wildman–Crippen LogP) is 3.04. The first-order chi connectivity index (χ1) is 12.6. The van der Waals surface area contributed by atoms with Gasteiger partial charge in [-0.3, -0.25) is 4.79 Å². The number of aromatic nitrogens is 1. The van der Waals surface area contributed by atoms with Crippen LogP contribution >= 0.6 is 0 Å². The molecule has 1 heterocycles. The number of benzene rings is 1. The van der Waals surface area contributed by atoms with Crippen LogP contribution in [0.4, 0.5) is 0 Å². The Labute approximate surface area is 153 Å². The molecule has 1 aromatic heterocycles. The summed E-state index contributed by atoms with van der Waals surface area (Å²) in [4.78, 5) is 12.2. The van der Waals surface area contributed by atoms with Gasteiger partial charge in [0, 0.05) is 25.3 Å². The predicted molar refractivity (Wildman–Crippen MR) is 96.7 cm³/mol. The van der Waals surface area contributed by atoms with Gasteiger partial charge in [0.25, 0.3) is 5.91 Å². The highest BCUT2D eigenvalue weighted by Gasteiger charge is 2.14. The lowest BCUT2D eigenvalue weighted by Gasteiger charge is -2.12. The Morgan fingerprint density at radius 3 is 2.73 bits per heavy atom. The van der Waals surface area contributed by atoms with E-state index >= 15 is 0 Å². The minimum Gasteiger partial charge on any atom is -0.493 e. The highest BCUT2D eigenvalue weighted by Crippen LogP contribution is 2.29.